The summed E-state index contributed by atoms with van der Waals surface area (Å²) in [5.41, 5.74) is 0. The highest BCUT2D eigenvalue weighted by Crippen LogP contribution is 2.15. The van der Waals surface area contributed by atoms with E-state index in [1.807, 2.05) is 4.68 Å². The van der Waals surface area contributed by atoms with Gasteiger partial charge in [-0.1, -0.05) is 20.8 Å². The standard InChI is InChI=1S/C14H28N4O/c1-5-7-18-14(16-11-17-18)9-13(12(2)3)10-15-6-8-19-4/h11-13,15H,5-10H2,1-4H3. The third kappa shape index (κ3) is 5.70. The second-order valence-electron chi connectivity index (χ2n) is 5.30. The van der Waals surface area contributed by atoms with Gasteiger partial charge in [-0.15, -0.1) is 0 Å². The molecule has 0 saturated carbocycles. The number of hydrogen-bond donors (Lipinski definition) is 1. The van der Waals surface area contributed by atoms with Gasteiger partial charge in [0, 0.05) is 26.6 Å². The van der Waals surface area contributed by atoms with Gasteiger partial charge in [0.15, 0.2) is 0 Å². The average molecular weight is 268 g/mol. The molecule has 1 aromatic heterocycles. The minimum Gasteiger partial charge on any atom is -0.383 e. The van der Waals surface area contributed by atoms with Crippen molar-refractivity contribution in [2.75, 3.05) is 26.8 Å². The highest BCUT2D eigenvalue weighted by atomic mass is 16.5. The molecule has 0 amide bonds. The molecule has 110 valence electrons. The number of hydrogen-bond acceptors (Lipinski definition) is 4. The van der Waals surface area contributed by atoms with Crippen molar-refractivity contribution < 1.29 is 4.74 Å². The maximum atomic E-state index is 5.05. The van der Waals surface area contributed by atoms with Gasteiger partial charge in [0.05, 0.1) is 6.61 Å². The van der Waals surface area contributed by atoms with Gasteiger partial charge < -0.3 is 10.1 Å². The molecule has 0 radical (unpaired) electrons. The number of aryl methyl sites for hydroxylation is 1. The van der Waals surface area contributed by atoms with Gasteiger partial charge >= 0.3 is 0 Å². The molecular formula is C14H28N4O. The van der Waals surface area contributed by atoms with E-state index in [0.717, 1.165) is 44.9 Å². The Morgan fingerprint density at radius 1 is 1.42 bits per heavy atom. The van der Waals surface area contributed by atoms with Gasteiger partial charge in [0.1, 0.15) is 12.2 Å². The first kappa shape index (κ1) is 16.1. The predicted molar refractivity (Wildman–Crippen MR) is 77.1 cm³/mol. The number of nitrogens with one attached hydrogen (secondary N) is 1. The molecule has 0 bridgehead atoms. The summed E-state index contributed by atoms with van der Waals surface area (Å²) >= 11 is 0. The number of methoxy groups -OCH3 is 1. The summed E-state index contributed by atoms with van der Waals surface area (Å²) < 4.78 is 7.08. The molecule has 5 heteroatoms. The van der Waals surface area contributed by atoms with Crippen LogP contribution in [-0.2, 0) is 17.7 Å². The minimum absolute atomic E-state index is 0.580. The molecule has 1 N–H and O–H groups in total. The van der Waals surface area contributed by atoms with E-state index in [-0.39, 0.29) is 0 Å². The zero-order valence-electron chi connectivity index (χ0n) is 12.7. The van der Waals surface area contributed by atoms with Crippen LogP contribution in [0.25, 0.3) is 0 Å². The second-order valence-corrected chi connectivity index (χ2v) is 5.30. The third-order valence-electron chi connectivity index (χ3n) is 3.41. The average Bonchev–Trinajstić information content (AvgIpc) is 2.81. The Morgan fingerprint density at radius 3 is 2.84 bits per heavy atom. The Bertz CT molecular complexity index is 338. The molecule has 0 aliphatic rings. The molecule has 0 aromatic carbocycles. The minimum atomic E-state index is 0.580. The van der Waals surface area contributed by atoms with Crippen LogP contribution in [0.1, 0.15) is 33.0 Å². The van der Waals surface area contributed by atoms with Crippen LogP contribution in [0.5, 0.6) is 0 Å². The first-order valence-electron chi connectivity index (χ1n) is 7.25. The van der Waals surface area contributed by atoms with Crippen molar-refractivity contribution in [3.8, 4) is 0 Å². The molecule has 1 atom stereocenters. The van der Waals surface area contributed by atoms with Crippen LogP contribution in [0.15, 0.2) is 6.33 Å². The largest absolute Gasteiger partial charge is 0.383 e. The normalized spacial score (nSPS) is 13.1. The van der Waals surface area contributed by atoms with E-state index in [0.29, 0.717) is 11.8 Å². The number of aromatic nitrogens is 3. The highest BCUT2D eigenvalue weighted by molar-refractivity contribution is 4.89. The Balaban J connectivity index is 2.50. The van der Waals surface area contributed by atoms with E-state index in [9.17, 15) is 0 Å². The summed E-state index contributed by atoms with van der Waals surface area (Å²) in [6.45, 7) is 10.3. The molecule has 1 heterocycles. The molecule has 0 aliphatic heterocycles. The van der Waals surface area contributed by atoms with Crippen LogP contribution in [0.2, 0.25) is 0 Å². The molecule has 0 spiro atoms. The summed E-state index contributed by atoms with van der Waals surface area (Å²) in [6, 6.07) is 0. The third-order valence-corrected chi connectivity index (χ3v) is 3.41. The first-order valence-corrected chi connectivity index (χ1v) is 7.25. The van der Waals surface area contributed by atoms with Crippen LogP contribution in [-0.4, -0.2) is 41.6 Å². The number of rotatable bonds is 10. The lowest BCUT2D eigenvalue weighted by atomic mass is 9.92. The lowest BCUT2D eigenvalue weighted by molar-refractivity contribution is 0.195. The zero-order chi connectivity index (χ0) is 14.1. The van der Waals surface area contributed by atoms with Crippen LogP contribution >= 0.6 is 0 Å². The lowest BCUT2D eigenvalue weighted by Gasteiger charge is -2.21. The highest BCUT2D eigenvalue weighted by Gasteiger charge is 2.17. The summed E-state index contributed by atoms with van der Waals surface area (Å²) in [6.07, 6.45) is 3.74. The number of ether oxygens (including phenoxy) is 1. The van der Waals surface area contributed by atoms with Crippen LogP contribution in [0.4, 0.5) is 0 Å². The Labute approximate surface area is 116 Å². The fraction of sp³-hybridized carbons (Fsp3) is 0.857. The molecule has 1 rings (SSSR count). The van der Waals surface area contributed by atoms with Gasteiger partial charge in [-0.3, -0.25) is 4.68 Å². The van der Waals surface area contributed by atoms with Gasteiger partial charge in [-0.2, -0.15) is 5.10 Å². The molecule has 19 heavy (non-hydrogen) atoms. The van der Waals surface area contributed by atoms with Gasteiger partial charge in [-0.25, -0.2) is 4.98 Å². The molecule has 5 nitrogen and oxygen atoms in total. The Hall–Kier alpha value is -0.940. The summed E-state index contributed by atoms with van der Waals surface area (Å²) in [4.78, 5) is 4.40. The Morgan fingerprint density at radius 2 is 2.21 bits per heavy atom. The predicted octanol–water partition coefficient (Wildman–Crippen LogP) is 1.74. The topological polar surface area (TPSA) is 52.0 Å². The molecule has 1 unspecified atom stereocenters. The van der Waals surface area contributed by atoms with Crippen LogP contribution < -0.4 is 5.32 Å². The molecule has 0 fully saturated rings. The first-order chi connectivity index (χ1) is 9.19. The Kier molecular flexibility index (Phi) is 7.67. The van der Waals surface area contributed by atoms with E-state index >= 15 is 0 Å². The summed E-state index contributed by atoms with van der Waals surface area (Å²) in [5, 5.41) is 7.74. The molecule has 1 aromatic rings. The fourth-order valence-corrected chi connectivity index (χ4v) is 2.08. The second kappa shape index (κ2) is 9.04. The van der Waals surface area contributed by atoms with E-state index in [1.54, 1.807) is 13.4 Å². The SMILES string of the molecule is CCCn1ncnc1CC(CNCCOC)C(C)C. The maximum absolute atomic E-state index is 5.05. The van der Waals surface area contributed by atoms with Crippen LogP contribution in [0, 0.1) is 11.8 Å². The number of nitrogens with zero attached hydrogens (tertiary/aromatic N) is 3. The fourth-order valence-electron chi connectivity index (χ4n) is 2.08. The van der Waals surface area contributed by atoms with Crippen molar-refractivity contribution in [1.29, 1.82) is 0 Å². The zero-order valence-corrected chi connectivity index (χ0v) is 12.7. The molecular weight excluding hydrogens is 240 g/mol. The quantitative estimate of drug-likeness (QED) is 0.657. The smallest absolute Gasteiger partial charge is 0.138 e. The summed E-state index contributed by atoms with van der Waals surface area (Å²) in [7, 11) is 1.73. The van der Waals surface area contributed by atoms with Crippen molar-refractivity contribution in [2.45, 2.75) is 40.2 Å². The van der Waals surface area contributed by atoms with E-state index < -0.39 is 0 Å². The van der Waals surface area contributed by atoms with E-state index in [2.05, 4.69) is 36.2 Å². The van der Waals surface area contributed by atoms with Gasteiger partial charge in [-0.05, 0) is 24.8 Å². The lowest BCUT2D eigenvalue weighted by Crippen LogP contribution is -2.30. The van der Waals surface area contributed by atoms with Crippen molar-refractivity contribution in [3.63, 3.8) is 0 Å². The van der Waals surface area contributed by atoms with Crippen molar-refractivity contribution >= 4 is 0 Å². The van der Waals surface area contributed by atoms with E-state index in [1.165, 1.54) is 0 Å². The van der Waals surface area contributed by atoms with Crippen molar-refractivity contribution in [1.82, 2.24) is 20.1 Å². The van der Waals surface area contributed by atoms with Gasteiger partial charge in [0.2, 0.25) is 0 Å². The summed E-state index contributed by atoms with van der Waals surface area (Å²) in [5.74, 6) is 2.31. The molecule has 0 saturated heterocycles. The molecule has 0 aliphatic carbocycles. The van der Waals surface area contributed by atoms with E-state index in [4.69, 9.17) is 4.74 Å². The maximum Gasteiger partial charge on any atom is 0.138 e. The van der Waals surface area contributed by atoms with Crippen LogP contribution in [0.3, 0.4) is 0 Å². The van der Waals surface area contributed by atoms with Gasteiger partial charge in [0.25, 0.3) is 0 Å². The van der Waals surface area contributed by atoms with Crippen molar-refractivity contribution in [2.24, 2.45) is 11.8 Å². The van der Waals surface area contributed by atoms with Crippen molar-refractivity contribution in [3.05, 3.63) is 12.2 Å². The monoisotopic (exact) mass is 268 g/mol.